The first kappa shape index (κ1) is 27.3. The van der Waals surface area contributed by atoms with Gasteiger partial charge in [0, 0.05) is 19.4 Å². The Kier molecular flexibility index (Phi) is 6.33. The molecule has 4 nitrogen and oxygen atoms in total. The molecule has 5 fully saturated rings. The van der Waals surface area contributed by atoms with E-state index in [1.165, 1.54) is 31.3 Å². The van der Waals surface area contributed by atoms with Crippen LogP contribution in [0.5, 0.6) is 0 Å². The molecule has 5 rings (SSSR count). The van der Waals surface area contributed by atoms with Crippen molar-refractivity contribution in [2.75, 3.05) is 7.05 Å². The number of allylic oxidation sites excluding steroid dienone is 1. The lowest BCUT2D eigenvalue weighted by Crippen LogP contribution is -2.67. The van der Waals surface area contributed by atoms with E-state index in [1.807, 2.05) is 7.05 Å². The highest BCUT2D eigenvalue weighted by molar-refractivity contribution is 5.83. The molecule has 1 N–H and O–H groups in total. The average molecular weight is 512 g/mol. The Balaban J connectivity index is 1.52. The molecule has 0 bridgehead atoms. The normalized spacial score (nSPS) is 50.1. The zero-order valence-corrected chi connectivity index (χ0v) is 25.0. The average Bonchev–Trinajstić information content (AvgIpc) is 3.22. The second-order valence-corrected chi connectivity index (χ2v) is 15.4. The van der Waals surface area contributed by atoms with Gasteiger partial charge in [-0.15, -0.1) is 0 Å². The Bertz CT molecular complexity index is 986. The fourth-order valence-corrected chi connectivity index (χ4v) is 12.2. The summed E-state index contributed by atoms with van der Waals surface area (Å²) in [6.45, 7) is 20.8. The third-order valence-corrected chi connectivity index (χ3v) is 14.0. The monoisotopic (exact) mass is 511 g/mol. The molecule has 10 atom stereocenters. The summed E-state index contributed by atoms with van der Waals surface area (Å²) in [5.41, 5.74) is 1.84. The number of ether oxygens (including phenoxy) is 1. The predicted octanol–water partition coefficient (Wildman–Crippen LogP) is 7.32. The van der Waals surface area contributed by atoms with Gasteiger partial charge in [-0.25, -0.2) is 0 Å². The van der Waals surface area contributed by atoms with Crippen LogP contribution in [-0.2, 0) is 14.3 Å². The number of fused-ring (bicyclic) bond motifs is 7. The second-order valence-electron chi connectivity index (χ2n) is 15.4. The summed E-state index contributed by atoms with van der Waals surface area (Å²) < 4.78 is 5.91. The molecule has 0 heterocycles. The summed E-state index contributed by atoms with van der Waals surface area (Å²) in [6.07, 6.45) is 11.4. The number of hydrogen-bond acceptors (Lipinski definition) is 3. The Morgan fingerprint density at radius 1 is 0.811 bits per heavy atom. The SMILES string of the molecule is C=C(C)C1CC[C@]2(C(=O)NC)CC[C@]3(C)[C@H](CCC4[C@@]5(C)CCC(OC(C)=O)C(C)(C)[C@@H]5CC[C@]43C)[C@@H]12. The number of nitrogens with one attached hydrogen (secondary N) is 1. The van der Waals surface area contributed by atoms with Crippen molar-refractivity contribution >= 4 is 11.9 Å². The van der Waals surface area contributed by atoms with Crippen molar-refractivity contribution in [2.45, 2.75) is 119 Å². The van der Waals surface area contributed by atoms with Crippen molar-refractivity contribution in [3.05, 3.63) is 12.2 Å². The highest BCUT2D eigenvalue weighted by atomic mass is 16.5. The Hall–Kier alpha value is -1.32. The maximum absolute atomic E-state index is 13.5. The van der Waals surface area contributed by atoms with E-state index in [4.69, 9.17) is 4.74 Å². The van der Waals surface area contributed by atoms with Gasteiger partial charge in [-0.1, -0.05) is 46.8 Å². The largest absolute Gasteiger partial charge is 0.462 e. The molecule has 0 aromatic carbocycles. The smallest absolute Gasteiger partial charge is 0.302 e. The molecule has 5 aliphatic carbocycles. The van der Waals surface area contributed by atoms with Gasteiger partial charge in [0.15, 0.2) is 0 Å². The minimum Gasteiger partial charge on any atom is -0.462 e. The summed E-state index contributed by atoms with van der Waals surface area (Å²) in [6, 6.07) is 0. The fraction of sp³-hybridized carbons (Fsp3) is 0.879. The van der Waals surface area contributed by atoms with Gasteiger partial charge in [-0.2, -0.15) is 0 Å². The molecule has 37 heavy (non-hydrogen) atoms. The number of hydrogen-bond donors (Lipinski definition) is 1. The molecule has 208 valence electrons. The van der Waals surface area contributed by atoms with Gasteiger partial charge in [0.2, 0.25) is 5.91 Å². The molecule has 0 aliphatic heterocycles. The molecule has 0 saturated heterocycles. The molecule has 0 aromatic rings. The van der Waals surface area contributed by atoms with Crippen LogP contribution in [0.2, 0.25) is 0 Å². The van der Waals surface area contributed by atoms with Gasteiger partial charge in [-0.05, 0) is 117 Å². The molecule has 5 saturated carbocycles. The third kappa shape index (κ3) is 3.45. The lowest BCUT2D eigenvalue weighted by atomic mass is 9.32. The molecule has 4 heteroatoms. The topological polar surface area (TPSA) is 55.4 Å². The minimum absolute atomic E-state index is 0.00478. The zero-order chi connectivity index (χ0) is 27.2. The van der Waals surface area contributed by atoms with Crippen molar-refractivity contribution in [1.29, 1.82) is 0 Å². The van der Waals surface area contributed by atoms with Crippen molar-refractivity contribution < 1.29 is 14.3 Å². The Morgan fingerprint density at radius 2 is 1.51 bits per heavy atom. The van der Waals surface area contributed by atoms with Gasteiger partial charge >= 0.3 is 5.97 Å². The summed E-state index contributed by atoms with van der Waals surface area (Å²) in [4.78, 5) is 25.4. The van der Waals surface area contributed by atoms with Gasteiger partial charge in [0.05, 0.1) is 5.41 Å². The van der Waals surface area contributed by atoms with Gasteiger partial charge in [0.1, 0.15) is 6.10 Å². The summed E-state index contributed by atoms with van der Waals surface area (Å²) >= 11 is 0. The van der Waals surface area contributed by atoms with E-state index in [0.717, 1.165) is 38.5 Å². The van der Waals surface area contributed by atoms with Gasteiger partial charge in [-0.3, -0.25) is 9.59 Å². The zero-order valence-electron chi connectivity index (χ0n) is 25.0. The maximum Gasteiger partial charge on any atom is 0.302 e. The van der Waals surface area contributed by atoms with Crippen LogP contribution in [-0.4, -0.2) is 25.0 Å². The molecule has 0 spiro atoms. The fourth-order valence-electron chi connectivity index (χ4n) is 12.2. The Labute approximate surface area is 226 Å². The van der Waals surface area contributed by atoms with Crippen LogP contribution in [0.15, 0.2) is 12.2 Å². The molecular weight excluding hydrogens is 458 g/mol. The molecule has 5 aliphatic rings. The van der Waals surface area contributed by atoms with E-state index in [0.29, 0.717) is 29.6 Å². The van der Waals surface area contributed by atoms with Crippen LogP contribution in [0.1, 0.15) is 113 Å². The molecule has 3 unspecified atom stereocenters. The van der Waals surface area contributed by atoms with E-state index in [-0.39, 0.29) is 45.1 Å². The minimum atomic E-state index is -0.211. The van der Waals surface area contributed by atoms with Crippen LogP contribution >= 0.6 is 0 Å². The maximum atomic E-state index is 13.5. The van der Waals surface area contributed by atoms with E-state index < -0.39 is 0 Å². The number of carbonyl (C=O) groups is 2. The van der Waals surface area contributed by atoms with E-state index in [9.17, 15) is 9.59 Å². The first-order chi connectivity index (χ1) is 17.2. The van der Waals surface area contributed by atoms with E-state index in [1.54, 1.807) is 6.92 Å². The first-order valence-electron chi connectivity index (χ1n) is 15.2. The van der Waals surface area contributed by atoms with Crippen molar-refractivity contribution in [2.24, 2.45) is 56.7 Å². The van der Waals surface area contributed by atoms with Crippen LogP contribution in [0, 0.1) is 56.7 Å². The molecular formula is C33H53NO3. The van der Waals surface area contributed by atoms with Crippen molar-refractivity contribution in [1.82, 2.24) is 5.32 Å². The Morgan fingerprint density at radius 3 is 2.14 bits per heavy atom. The second kappa shape index (κ2) is 8.59. The van der Waals surface area contributed by atoms with Crippen LogP contribution in [0.25, 0.3) is 0 Å². The van der Waals surface area contributed by atoms with Crippen molar-refractivity contribution in [3.8, 4) is 0 Å². The summed E-state index contributed by atoms with van der Waals surface area (Å²) in [5, 5.41) is 3.10. The van der Waals surface area contributed by atoms with Crippen LogP contribution in [0.4, 0.5) is 0 Å². The number of esters is 1. The highest BCUT2D eigenvalue weighted by Gasteiger charge is 2.72. The van der Waals surface area contributed by atoms with Crippen LogP contribution < -0.4 is 5.32 Å². The molecule has 1 amide bonds. The van der Waals surface area contributed by atoms with E-state index in [2.05, 4.69) is 53.4 Å². The van der Waals surface area contributed by atoms with E-state index >= 15 is 0 Å². The number of amides is 1. The predicted molar refractivity (Wildman–Crippen MR) is 149 cm³/mol. The standard InChI is InChI=1S/C33H53NO3/c1-20(2)22-12-17-33(28(36)34-9)19-18-31(7)23(27(22)33)10-11-25-30(6)15-14-26(37-21(3)35)29(4,5)24(30)13-16-32(25,31)8/h22-27H,1,10-19H2,2-9H3,(H,34,36)/t22?,23-,24+,25?,26?,27-,30+,31-,32-,33+/m1/s1. The lowest BCUT2D eigenvalue weighted by Gasteiger charge is -2.72. The quantitative estimate of drug-likeness (QED) is 0.319. The van der Waals surface area contributed by atoms with Crippen molar-refractivity contribution in [3.63, 3.8) is 0 Å². The van der Waals surface area contributed by atoms with Gasteiger partial charge < -0.3 is 10.1 Å². The van der Waals surface area contributed by atoms with Gasteiger partial charge in [0.25, 0.3) is 0 Å². The van der Waals surface area contributed by atoms with Crippen LogP contribution in [0.3, 0.4) is 0 Å². The molecule has 0 radical (unpaired) electrons. The lowest BCUT2D eigenvalue weighted by molar-refractivity contribution is -0.248. The summed E-state index contributed by atoms with van der Waals surface area (Å²) in [7, 11) is 1.84. The first-order valence-corrected chi connectivity index (χ1v) is 15.2. The highest BCUT2D eigenvalue weighted by Crippen LogP contribution is 2.77. The number of rotatable bonds is 3. The third-order valence-electron chi connectivity index (χ3n) is 14.0. The molecule has 0 aromatic heterocycles. The summed E-state index contributed by atoms with van der Waals surface area (Å²) in [5.74, 6) is 2.86. The number of carbonyl (C=O) groups excluding carboxylic acids is 2.